The molecule has 4 aliphatic heterocycles. The first-order valence-electron chi connectivity index (χ1n) is 15.9. The molecule has 0 spiro atoms. The Hall–Kier alpha value is -3.79. The molecule has 1 N–H and O–H groups in total. The number of anilines is 2. The molecule has 4 aliphatic rings. The fraction of sp³-hybridized carbons (Fsp3) is 0.500. The molecule has 5 heterocycles. The molecule has 7 rings (SSSR count). The minimum absolute atomic E-state index is 0.0105. The third kappa shape index (κ3) is 5.27. The maximum atomic E-state index is 14.6. The van der Waals surface area contributed by atoms with Gasteiger partial charge in [-0.25, -0.2) is 8.78 Å². The van der Waals surface area contributed by atoms with E-state index in [4.69, 9.17) is 0 Å². The van der Waals surface area contributed by atoms with Gasteiger partial charge < -0.3 is 20.0 Å². The van der Waals surface area contributed by atoms with Crippen LogP contribution in [0.15, 0.2) is 36.7 Å². The Morgan fingerprint density at radius 2 is 1.80 bits per heavy atom. The minimum atomic E-state index is -2.63. The van der Waals surface area contributed by atoms with E-state index in [1.54, 1.807) is 37.1 Å². The molecule has 44 heavy (non-hydrogen) atoms. The molecule has 2 aromatic carbocycles. The summed E-state index contributed by atoms with van der Waals surface area (Å²) in [6.45, 7) is 6.56. The number of nitrogens with zero attached hydrogens (tertiary/aromatic N) is 5. The van der Waals surface area contributed by atoms with Gasteiger partial charge in [-0.1, -0.05) is 6.07 Å². The van der Waals surface area contributed by atoms with Crippen molar-refractivity contribution < 1.29 is 18.4 Å². The van der Waals surface area contributed by atoms with Crippen LogP contribution in [0.4, 0.5) is 20.2 Å². The number of alkyl halides is 2. The van der Waals surface area contributed by atoms with E-state index in [9.17, 15) is 18.4 Å². The van der Waals surface area contributed by atoms with Crippen molar-refractivity contribution in [1.29, 1.82) is 0 Å². The van der Waals surface area contributed by atoms with Gasteiger partial charge in [0, 0.05) is 87.5 Å². The average Bonchev–Trinajstić information content (AvgIpc) is 3.81. The van der Waals surface area contributed by atoms with Crippen LogP contribution in [0.3, 0.4) is 0 Å². The highest BCUT2D eigenvalue weighted by atomic mass is 19.3. The number of carbonyl (C=O) groups is 2. The summed E-state index contributed by atoms with van der Waals surface area (Å²) >= 11 is 0. The van der Waals surface area contributed by atoms with Crippen molar-refractivity contribution in [3.05, 3.63) is 64.5 Å². The van der Waals surface area contributed by atoms with Crippen molar-refractivity contribution in [2.24, 2.45) is 13.0 Å². The fourth-order valence-corrected chi connectivity index (χ4v) is 7.66. The molecule has 8 nitrogen and oxygen atoms in total. The van der Waals surface area contributed by atoms with Gasteiger partial charge in [-0.3, -0.25) is 14.3 Å². The molecule has 1 atom stereocenters. The number of amides is 2. The molecule has 0 radical (unpaired) electrons. The van der Waals surface area contributed by atoms with Crippen molar-refractivity contribution >= 4 is 23.2 Å². The number of aromatic nitrogens is 2. The van der Waals surface area contributed by atoms with E-state index in [0.717, 1.165) is 92.9 Å². The smallest absolute Gasteiger partial charge is 0.264 e. The Balaban J connectivity index is 1.24. The molecule has 2 fully saturated rings. The highest BCUT2D eigenvalue weighted by Crippen LogP contribution is 2.45. The van der Waals surface area contributed by atoms with E-state index < -0.39 is 6.43 Å². The number of hydrogen-bond acceptors (Lipinski definition) is 5. The van der Waals surface area contributed by atoms with Crippen LogP contribution >= 0.6 is 0 Å². The van der Waals surface area contributed by atoms with Crippen molar-refractivity contribution in [2.75, 3.05) is 37.6 Å². The van der Waals surface area contributed by atoms with E-state index in [2.05, 4.69) is 27.4 Å². The number of nitrogens with one attached hydrogen (secondary N) is 1. The number of rotatable bonds is 5. The molecular weight excluding hydrogens is 562 g/mol. The van der Waals surface area contributed by atoms with E-state index in [-0.39, 0.29) is 23.3 Å². The van der Waals surface area contributed by atoms with Crippen LogP contribution in [0.5, 0.6) is 0 Å². The van der Waals surface area contributed by atoms with Crippen LogP contribution in [0, 0.1) is 5.92 Å². The maximum absolute atomic E-state index is 14.6. The second kappa shape index (κ2) is 11.6. The second-order valence-corrected chi connectivity index (χ2v) is 12.9. The van der Waals surface area contributed by atoms with E-state index in [1.807, 2.05) is 15.9 Å². The maximum Gasteiger partial charge on any atom is 0.264 e. The summed E-state index contributed by atoms with van der Waals surface area (Å²) in [7, 11) is 1.79. The lowest BCUT2D eigenvalue weighted by Gasteiger charge is -2.36. The number of benzene rings is 2. The number of likely N-dealkylation sites (tertiary alicyclic amines) is 1. The highest BCUT2D eigenvalue weighted by molar-refractivity contribution is 5.81. The monoisotopic (exact) mass is 602 g/mol. The number of halogens is 2. The summed E-state index contributed by atoms with van der Waals surface area (Å²) < 4.78 is 30.7. The first kappa shape index (κ1) is 29.0. The van der Waals surface area contributed by atoms with Gasteiger partial charge in [0.1, 0.15) is 0 Å². The third-order valence-corrected chi connectivity index (χ3v) is 10.1. The predicted molar refractivity (Wildman–Crippen MR) is 165 cm³/mol. The first-order chi connectivity index (χ1) is 21.3. The molecule has 2 amide bonds. The van der Waals surface area contributed by atoms with Crippen molar-refractivity contribution in [3.8, 4) is 11.1 Å². The number of aryl methyl sites for hydroxylation is 2. The molecule has 0 saturated carbocycles. The lowest BCUT2D eigenvalue weighted by Crippen LogP contribution is -2.42. The van der Waals surface area contributed by atoms with E-state index in [0.29, 0.717) is 30.1 Å². The Morgan fingerprint density at radius 3 is 2.48 bits per heavy atom. The number of piperidine rings is 1. The van der Waals surface area contributed by atoms with Crippen LogP contribution < -0.4 is 10.2 Å². The molecule has 0 aliphatic carbocycles. The van der Waals surface area contributed by atoms with Gasteiger partial charge in [0.25, 0.3) is 6.43 Å². The number of carbonyl (C=O) groups excluding carboxylic acids is 2. The molecule has 3 aromatic rings. The van der Waals surface area contributed by atoms with Crippen molar-refractivity contribution in [3.63, 3.8) is 0 Å². The summed E-state index contributed by atoms with van der Waals surface area (Å²) in [5, 5.41) is 7.52. The van der Waals surface area contributed by atoms with Gasteiger partial charge in [-0.15, -0.1) is 0 Å². The van der Waals surface area contributed by atoms with E-state index in [1.165, 1.54) is 5.56 Å². The quantitative estimate of drug-likeness (QED) is 0.430. The Morgan fingerprint density at radius 1 is 0.977 bits per heavy atom. The standard InChI is InChI=1S/C34H40F2N6O2/c1-21(43)41-19-26-12-25(22-6-10-40(11-7-22)34(44)24-5-8-37-16-24)14-32(30(26)20-41)42-9-3-4-23-13-28(27-17-38-39(2)18-27)29(33(35)36)15-31(23)42/h12-15,17-18,22,24,33,37H,3-11,16,19-20H2,1-2H3. The minimum Gasteiger partial charge on any atom is -0.342 e. The molecular formula is C34H40F2N6O2. The summed E-state index contributed by atoms with van der Waals surface area (Å²) in [5.74, 6) is 0.685. The Kier molecular flexibility index (Phi) is 7.64. The largest absolute Gasteiger partial charge is 0.342 e. The topological polar surface area (TPSA) is 73.7 Å². The Labute approximate surface area is 257 Å². The summed E-state index contributed by atoms with van der Waals surface area (Å²) in [4.78, 5) is 31.6. The van der Waals surface area contributed by atoms with Crippen molar-refractivity contribution in [2.45, 2.75) is 64.5 Å². The number of fused-ring (bicyclic) bond motifs is 2. The fourth-order valence-electron chi connectivity index (χ4n) is 7.66. The molecule has 1 aromatic heterocycles. The van der Waals surface area contributed by atoms with Gasteiger partial charge in [0.2, 0.25) is 11.8 Å². The molecule has 232 valence electrons. The lowest BCUT2D eigenvalue weighted by molar-refractivity contribution is -0.136. The van der Waals surface area contributed by atoms with Crippen LogP contribution in [-0.4, -0.2) is 64.1 Å². The highest BCUT2D eigenvalue weighted by Gasteiger charge is 2.34. The molecule has 10 heteroatoms. The average molecular weight is 603 g/mol. The summed E-state index contributed by atoms with van der Waals surface area (Å²) in [6, 6.07) is 8.11. The van der Waals surface area contributed by atoms with Crippen LogP contribution in [-0.2, 0) is 36.1 Å². The zero-order valence-electron chi connectivity index (χ0n) is 25.5. The summed E-state index contributed by atoms with van der Waals surface area (Å²) in [6.07, 6.45) is 5.20. The summed E-state index contributed by atoms with van der Waals surface area (Å²) in [5.41, 5.74) is 7.58. The second-order valence-electron chi connectivity index (χ2n) is 12.9. The normalized spacial score (nSPS) is 20.4. The first-order valence-corrected chi connectivity index (χ1v) is 15.9. The van der Waals surface area contributed by atoms with Crippen LogP contribution in [0.25, 0.3) is 11.1 Å². The van der Waals surface area contributed by atoms with Gasteiger partial charge in [-0.2, -0.15) is 5.10 Å². The van der Waals surface area contributed by atoms with Gasteiger partial charge >= 0.3 is 0 Å². The SMILES string of the molecule is CC(=O)N1Cc2cc(C3CCN(C(=O)C4CCNC4)CC3)cc(N3CCCc4cc(-c5cnn(C)c5)c(C(F)F)cc43)c2C1. The number of hydrogen-bond donors (Lipinski definition) is 1. The molecule has 0 bridgehead atoms. The lowest BCUT2D eigenvalue weighted by atomic mass is 9.86. The third-order valence-electron chi connectivity index (χ3n) is 10.1. The zero-order valence-corrected chi connectivity index (χ0v) is 25.5. The van der Waals surface area contributed by atoms with E-state index >= 15 is 0 Å². The molecule has 2 saturated heterocycles. The van der Waals surface area contributed by atoms with Gasteiger partial charge in [-0.05, 0) is 85.0 Å². The van der Waals surface area contributed by atoms with Gasteiger partial charge in [0.05, 0.1) is 12.1 Å². The van der Waals surface area contributed by atoms with Crippen LogP contribution in [0.1, 0.15) is 72.8 Å². The van der Waals surface area contributed by atoms with Crippen molar-refractivity contribution in [1.82, 2.24) is 24.9 Å². The zero-order chi connectivity index (χ0) is 30.5. The predicted octanol–water partition coefficient (Wildman–Crippen LogP) is 5.29. The Bertz CT molecular complexity index is 1590. The molecule has 1 unspecified atom stereocenters. The van der Waals surface area contributed by atoms with Crippen LogP contribution in [0.2, 0.25) is 0 Å². The van der Waals surface area contributed by atoms with Gasteiger partial charge in [0.15, 0.2) is 0 Å².